The van der Waals surface area contributed by atoms with Gasteiger partial charge < -0.3 is 5.11 Å². The molecule has 0 amide bonds. The lowest BCUT2D eigenvalue weighted by atomic mass is 10.1. The molecule has 2 aromatic rings. The Balaban J connectivity index is 2.22. The van der Waals surface area contributed by atoms with Gasteiger partial charge in [-0.15, -0.1) is 6.58 Å². The molecule has 22 heavy (non-hydrogen) atoms. The van der Waals surface area contributed by atoms with Crippen molar-refractivity contribution in [1.82, 2.24) is 4.90 Å². The molecule has 0 fully saturated rings. The fourth-order valence-electron chi connectivity index (χ4n) is 2.48. The molecule has 3 nitrogen and oxygen atoms in total. The van der Waals surface area contributed by atoms with Crippen LogP contribution in [0.4, 0.5) is 0 Å². The van der Waals surface area contributed by atoms with Gasteiger partial charge in [0.15, 0.2) is 0 Å². The minimum atomic E-state index is -0.813. The maximum atomic E-state index is 11.6. The van der Waals surface area contributed by atoms with E-state index in [1.54, 1.807) is 6.08 Å². The Hall–Kier alpha value is -2.39. The third kappa shape index (κ3) is 4.57. The number of benzene rings is 2. The number of carboxylic acids is 1. The maximum Gasteiger partial charge on any atom is 0.321 e. The molecule has 0 heterocycles. The van der Waals surface area contributed by atoms with Gasteiger partial charge in [-0.3, -0.25) is 9.69 Å². The molecule has 0 aromatic heterocycles. The molecule has 0 bridgehead atoms. The second-order valence-electron chi connectivity index (χ2n) is 5.25. The first kappa shape index (κ1) is 16.0. The summed E-state index contributed by atoms with van der Waals surface area (Å²) in [5.74, 6) is -0.813. The highest BCUT2D eigenvalue weighted by Crippen LogP contribution is 2.16. The summed E-state index contributed by atoms with van der Waals surface area (Å²) in [6, 6.07) is 19.3. The quantitative estimate of drug-likeness (QED) is 0.755. The van der Waals surface area contributed by atoms with Gasteiger partial charge in [-0.2, -0.15) is 0 Å². The zero-order chi connectivity index (χ0) is 15.8. The molecular weight excluding hydrogens is 274 g/mol. The van der Waals surface area contributed by atoms with Crippen LogP contribution in [0.3, 0.4) is 0 Å². The molecule has 0 saturated heterocycles. The number of nitrogens with zero attached hydrogens (tertiary/aromatic N) is 1. The van der Waals surface area contributed by atoms with Crippen LogP contribution in [0.25, 0.3) is 0 Å². The highest BCUT2D eigenvalue weighted by Gasteiger charge is 2.24. The van der Waals surface area contributed by atoms with Gasteiger partial charge in [-0.1, -0.05) is 66.7 Å². The predicted octanol–water partition coefficient (Wildman–Crippen LogP) is 3.72. The molecule has 0 saturated carbocycles. The minimum Gasteiger partial charge on any atom is -0.480 e. The minimum absolute atomic E-state index is 0.426. The van der Waals surface area contributed by atoms with Gasteiger partial charge in [-0.25, -0.2) is 0 Å². The summed E-state index contributed by atoms with van der Waals surface area (Å²) in [5, 5.41) is 9.54. The number of carbonyl (C=O) groups is 1. The smallest absolute Gasteiger partial charge is 0.321 e. The van der Waals surface area contributed by atoms with Gasteiger partial charge in [0.1, 0.15) is 6.04 Å². The molecule has 1 unspecified atom stereocenters. The van der Waals surface area contributed by atoms with Crippen molar-refractivity contribution in [2.24, 2.45) is 0 Å². The van der Waals surface area contributed by atoms with Crippen molar-refractivity contribution in [2.75, 3.05) is 0 Å². The highest BCUT2D eigenvalue weighted by molar-refractivity contribution is 5.73. The van der Waals surface area contributed by atoms with Crippen molar-refractivity contribution in [2.45, 2.75) is 25.6 Å². The standard InChI is InChI=1S/C19H21NO2/c1-2-9-18(19(21)22)20(14-16-10-5-3-6-11-16)15-17-12-7-4-8-13-17/h2-8,10-13,18H,1,9,14-15H2,(H,21,22). The van der Waals surface area contributed by atoms with E-state index in [2.05, 4.69) is 6.58 Å². The van der Waals surface area contributed by atoms with Crippen LogP contribution >= 0.6 is 0 Å². The van der Waals surface area contributed by atoms with Gasteiger partial charge in [0.05, 0.1) is 0 Å². The topological polar surface area (TPSA) is 40.5 Å². The Morgan fingerprint density at radius 2 is 1.45 bits per heavy atom. The number of aliphatic carboxylic acids is 1. The first-order chi connectivity index (χ1) is 10.7. The predicted molar refractivity (Wildman–Crippen MR) is 88.4 cm³/mol. The third-order valence-corrected chi connectivity index (χ3v) is 3.57. The number of rotatable bonds is 8. The van der Waals surface area contributed by atoms with Gasteiger partial charge in [0.2, 0.25) is 0 Å². The van der Waals surface area contributed by atoms with E-state index in [1.165, 1.54) is 0 Å². The summed E-state index contributed by atoms with van der Waals surface area (Å²) in [6.45, 7) is 4.88. The van der Waals surface area contributed by atoms with Crippen LogP contribution in [-0.4, -0.2) is 22.0 Å². The van der Waals surface area contributed by atoms with E-state index < -0.39 is 12.0 Å². The van der Waals surface area contributed by atoms with Crippen molar-refractivity contribution in [1.29, 1.82) is 0 Å². The normalized spacial score (nSPS) is 12.0. The van der Waals surface area contributed by atoms with Crippen LogP contribution < -0.4 is 0 Å². The van der Waals surface area contributed by atoms with E-state index in [4.69, 9.17) is 0 Å². The molecular formula is C19H21NO2. The van der Waals surface area contributed by atoms with Gasteiger partial charge in [0, 0.05) is 13.1 Å². The summed E-state index contributed by atoms with van der Waals surface area (Å²) < 4.78 is 0. The zero-order valence-electron chi connectivity index (χ0n) is 12.6. The molecule has 0 aliphatic heterocycles. The SMILES string of the molecule is C=CCC(C(=O)O)N(Cc1ccccc1)Cc1ccccc1. The lowest BCUT2D eigenvalue weighted by molar-refractivity contribution is -0.143. The number of hydrogen-bond acceptors (Lipinski definition) is 2. The van der Waals surface area contributed by atoms with Gasteiger partial charge in [0.25, 0.3) is 0 Å². The first-order valence-electron chi connectivity index (χ1n) is 7.36. The Morgan fingerprint density at radius 1 is 1.00 bits per heavy atom. The average molecular weight is 295 g/mol. The molecule has 0 spiro atoms. The molecule has 3 heteroatoms. The van der Waals surface area contributed by atoms with Crippen LogP contribution in [0.2, 0.25) is 0 Å². The summed E-state index contributed by atoms with van der Waals surface area (Å²) in [4.78, 5) is 13.6. The van der Waals surface area contributed by atoms with E-state index in [9.17, 15) is 9.90 Å². The summed E-state index contributed by atoms with van der Waals surface area (Å²) in [7, 11) is 0. The van der Waals surface area contributed by atoms with Crippen LogP contribution in [0.5, 0.6) is 0 Å². The molecule has 0 radical (unpaired) electrons. The fourth-order valence-corrected chi connectivity index (χ4v) is 2.48. The molecule has 0 aliphatic carbocycles. The fraction of sp³-hybridized carbons (Fsp3) is 0.211. The first-order valence-corrected chi connectivity index (χ1v) is 7.36. The van der Waals surface area contributed by atoms with Crippen LogP contribution in [0.1, 0.15) is 17.5 Å². The monoisotopic (exact) mass is 295 g/mol. The van der Waals surface area contributed by atoms with Crippen molar-refractivity contribution in [3.05, 3.63) is 84.4 Å². The van der Waals surface area contributed by atoms with E-state index in [0.29, 0.717) is 19.5 Å². The summed E-state index contributed by atoms with van der Waals surface area (Å²) in [6.07, 6.45) is 2.09. The molecule has 114 valence electrons. The number of carboxylic acid groups (broad SMARTS) is 1. The van der Waals surface area contributed by atoms with Crippen molar-refractivity contribution in [3.63, 3.8) is 0 Å². The van der Waals surface area contributed by atoms with Crippen LogP contribution in [-0.2, 0) is 17.9 Å². The maximum absolute atomic E-state index is 11.6. The van der Waals surface area contributed by atoms with Gasteiger partial charge >= 0.3 is 5.97 Å². The van der Waals surface area contributed by atoms with E-state index in [-0.39, 0.29) is 0 Å². The Kier molecular flexibility index (Phi) is 5.92. The highest BCUT2D eigenvalue weighted by atomic mass is 16.4. The zero-order valence-corrected chi connectivity index (χ0v) is 12.6. The average Bonchev–Trinajstić information content (AvgIpc) is 2.54. The van der Waals surface area contributed by atoms with E-state index >= 15 is 0 Å². The van der Waals surface area contributed by atoms with Crippen molar-refractivity contribution >= 4 is 5.97 Å². The van der Waals surface area contributed by atoms with Crippen LogP contribution in [0, 0.1) is 0 Å². The Bertz CT molecular complexity index is 554. The molecule has 1 N–H and O–H groups in total. The lowest BCUT2D eigenvalue weighted by Gasteiger charge is -2.28. The van der Waals surface area contributed by atoms with Gasteiger partial charge in [-0.05, 0) is 17.5 Å². The number of hydrogen-bond donors (Lipinski definition) is 1. The molecule has 2 rings (SSSR count). The largest absolute Gasteiger partial charge is 0.480 e. The molecule has 2 aromatic carbocycles. The van der Waals surface area contributed by atoms with E-state index in [1.807, 2.05) is 65.6 Å². The second kappa shape index (κ2) is 8.15. The summed E-state index contributed by atoms with van der Waals surface area (Å²) in [5.41, 5.74) is 2.21. The summed E-state index contributed by atoms with van der Waals surface area (Å²) >= 11 is 0. The Labute approximate surface area is 131 Å². The third-order valence-electron chi connectivity index (χ3n) is 3.57. The molecule has 1 atom stereocenters. The Morgan fingerprint density at radius 3 is 1.82 bits per heavy atom. The van der Waals surface area contributed by atoms with Crippen molar-refractivity contribution in [3.8, 4) is 0 Å². The van der Waals surface area contributed by atoms with Crippen molar-refractivity contribution < 1.29 is 9.90 Å². The van der Waals surface area contributed by atoms with E-state index in [0.717, 1.165) is 11.1 Å². The van der Waals surface area contributed by atoms with Crippen LogP contribution in [0.15, 0.2) is 73.3 Å². The second-order valence-corrected chi connectivity index (χ2v) is 5.25. The lowest BCUT2D eigenvalue weighted by Crippen LogP contribution is -2.40. The molecule has 0 aliphatic rings.